The molecule has 1 aromatic carbocycles. The predicted molar refractivity (Wildman–Crippen MR) is 142 cm³/mol. The van der Waals surface area contributed by atoms with E-state index in [1.54, 1.807) is 0 Å². The number of aromatic nitrogens is 2. The van der Waals surface area contributed by atoms with Crippen molar-refractivity contribution in [1.29, 1.82) is 0 Å². The lowest BCUT2D eigenvalue weighted by Gasteiger charge is -2.36. The van der Waals surface area contributed by atoms with Gasteiger partial charge >= 0.3 is 0 Å². The lowest BCUT2D eigenvalue weighted by molar-refractivity contribution is -0.124. The quantitative estimate of drug-likeness (QED) is 0.499. The smallest absolute Gasteiger partial charge is 0.229 e. The number of hydrogen-bond donors (Lipinski definition) is 4. The zero-order valence-corrected chi connectivity index (χ0v) is 21.1. The Balaban J connectivity index is 0.000000356. The number of nitrogens with two attached hydrogens (primary N) is 1. The highest BCUT2D eigenvalue weighted by Crippen LogP contribution is 2.42. The van der Waals surface area contributed by atoms with E-state index < -0.39 is 5.41 Å². The van der Waals surface area contributed by atoms with Crippen LogP contribution >= 0.6 is 0 Å². The number of amides is 1. The minimum atomic E-state index is -0.662. The highest BCUT2D eigenvalue weighted by molar-refractivity contribution is 5.88. The molecule has 1 aromatic heterocycles. The summed E-state index contributed by atoms with van der Waals surface area (Å²) in [5.41, 5.74) is 7.07. The zero-order chi connectivity index (χ0) is 24.5. The Morgan fingerprint density at radius 2 is 1.74 bits per heavy atom. The lowest BCUT2D eigenvalue weighted by atomic mass is 9.69. The summed E-state index contributed by atoms with van der Waals surface area (Å²) in [4.78, 5) is 24.2. The number of carbonyl (C=O) groups excluding carboxylic acids is 1. The van der Waals surface area contributed by atoms with Crippen LogP contribution in [0.3, 0.4) is 0 Å². The van der Waals surface area contributed by atoms with Gasteiger partial charge in [0.1, 0.15) is 5.82 Å². The fourth-order valence-electron chi connectivity index (χ4n) is 5.40. The van der Waals surface area contributed by atoms with Gasteiger partial charge in [-0.25, -0.2) is 4.98 Å². The maximum atomic E-state index is 12.6. The number of para-hydroxylation sites is 1. The molecule has 1 amide bonds. The fourth-order valence-corrected chi connectivity index (χ4v) is 5.40. The van der Waals surface area contributed by atoms with E-state index in [2.05, 4.69) is 32.9 Å². The van der Waals surface area contributed by atoms with Crippen LogP contribution in [0.4, 0.5) is 17.5 Å². The molecule has 3 fully saturated rings. The molecule has 5 rings (SSSR count). The minimum absolute atomic E-state index is 0.256. The third-order valence-electron chi connectivity index (χ3n) is 7.55. The van der Waals surface area contributed by atoms with Crippen LogP contribution in [0.25, 0.3) is 0 Å². The normalized spacial score (nSPS) is 20.5. The van der Waals surface area contributed by atoms with Crippen LogP contribution in [0, 0.1) is 0 Å². The summed E-state index contributed by atoms with van der Waals surface area (Å²) in [5, 5.41) is 10.1. The van der Waals surface area contributed by atoms with Gasteiger partial charge in [-0.15, -0.1) is 0 Å². The number of benzene rings is 1. The summed E-state index contributed by atoms with van der Waals surface area (Å²) in [6, 6.07) is 10.3. The molecule has 2 heterocycles. The van der Waals surface area contributed by atoms with Gasteiger partial charge in [0.15, 0.2) is 0 Å². The first-order valence-corrected chi connectivity index (χ1v) is 13.2. The van der Waals surface area contributed by atoms with Gasteiger partial charge in [0.2, 0.25) is 11.9 Å². The van der Waals surface area contributed by atoms with Crippen molar-refractivity contribution in [3.05, 3.63) is 42.1 Å². The van der Waals surface area contributed by atoms with Gasteiger partial charge in [-0.05, 0) is 44.9 Å². The molecule has 0 radical (unpaired) electrons. The molecule has 2 aliphatic carbocycles. The maximum absolute atomic E-state index is 12.6. The van der Waals surface area contributed by atoms with Crippen molar-refractivity contribution in [3.63, 3.8) is 0 Å². The largest absolute Gasteiger partial charge is 0.369 e. The summed E-state index contributed by atoms with van der Waals surface area (Å²) in [7, 11) is 2.15. The average molecular weight is 480 g/mol. The Kier molecular flexibility index (Phi) is 8.93. The number of carbonyl (C=O) groups is 1. The van der Waals surface area contributed by atoms with Crippen LogP contribution in [-0.2, 0) is 10.2 Å². The second-order valence-corrected chi connectivity index (χ2v) is 10.1. The average Bonchev–Trinajstić information content (AvgIpc) is 3.39. The van der Waals surface area contributed by atoms with Crippen LogP contribution < -0.4 is 21.7 Å². The molecule has 8 heteroatoms. The first-order chi connectivity index (χ1) is 17.1. The van der Waals surface area contributed by atoms with E-state index in [0.717, 1.165) is 75.1 Å². The summed E-state index contributed by atoms with van der Waals surface area (Å²) < 4.78 is 0. The number of piperazine rings is 1. The first kappa shape index (κ1) is 25.4. The lowest BCUT2D eigenvalue weighted by Crippen LogP contribution is -2.43. The molecule has 0 spiro atoms. The van der Waals surface area contributed by atoms with E-state index in [-0.39, 0.29) is 5.91 Å². The number of likely N-dealkylation sites (N-methyl/N-ethyl adjacent to an activating group) is 1. The Morgan fingerprint density at radius 3 is 2.34 bits per heavy atom. The van der Waals surface area contributed by atoms with Crippen LogP contribution in [-0.4, -0.2) is 60.0 Å². The second kappa shape index (κ2) is 12.3. The standard InChI is InChI=1S/C22H29N5O.C5H12N2/c23-20(28)22(13-7-2-8-14-22)18-15-24-21(26-17-9-3-1-4-10-17)27-19(18)25-16-11-5-6-12-16;1-7-4-2-6-3-5-7/h1,3-4,9-10,15-16H,2,5-8,11-14H2,(H2,23,28)(H2,24,25,26,27);6H,2-5H2,1H3. The number of primary amides is 1. The molecule has 8 nitrogen and oxygen atoms in total. The Labute approximate surface area is 209 Å². The molecule has 2 saturated carbocycles. The first-order valence-electron chi connectivity index (χ1n) is 13.2. The summed E-state index contributed by atoms with van der Waals surface area (Å²) in [6.45, 7) is 4.74. The van der Waals surface area contributed by atoms with E-state index >= 15 is 0 Å². The summed E-state index contributed by atoms with van der Waals surface area (Å²) >= 11 is 0. The highest BCUT2D eigenvalue weighted by Gasteiger charge is 2.42. The van der Waals surface area contributed by atoms with Crippen molar-refractivity contribution < 1.29 is 4.79 Å². The van der Waals surface area contributed by atoms with Gasteiger partial charge in [-0.3, -0.25) is 4.79 Å². The maximum Gasteiger partial charge on any atom is 0.229 e. The monoisotopic (exact) mass is 479 g/mol. The molecule has 5 N–H and O–H groups in total. The third kappa shape index (κ3) is 6.70. The van der Waals surface area contributed by atoms with Gasteiger partial charge in [-0.2, -0.15) is 4.98 Å². The van der Waals surface area contributed by atoms with Crippen LogP contribution in [0.15, 0.2) is 36.5 Å². The van der Waals surface area contributed by atoms with E-state index in [0.29, 0.717) is 12.0 Å². The van der Waals surface area contributed by atoms with Gasteiger partial charge in [0.25, 0.3) is 0 Å². The fraction of sp³-hybridized carbons (Fsp3) is 0.593. The van der Waals surface area contributed by atoms with Crippen molar-refractivity contribution in [2.75, 3.05) is 43.9 Å². The van der Waals surface area contributed by atoms with Crippen molar-refractivity contribution in [3.8, 4) is 0 Å². The molecule has 35 heavy (non-hydrogen) atoms. The number of nitrogens with one attached hydrogen (secondary N) is 3. The van der Waals surface area contributed by atoms with Gasteiger partial charge < -0.3 is 26.6 Å². The van der Waals surface area contributed by atoms with Crippen molar-refractivity contribution in [2.24, 2.45) is 5.73 Å². The summed E-state index contributed by atoms with van der Waals surface area (Å²) in [6.07, 6.45) is 11.3. The van der Waals surface area contributed by atoms with Crippen LogP contribution in [0.2, 0.25) is 0 Å². The third-order valence-corrected chi connectivity index (χ3v) is 7.55. The molecule has 0 unspecified atom stereocenters. The number of anilines is 3. The molecule has 0 atom stereocenters. The number of hydrogen-bond acceptors (Lipinski definition) is 7. The zero-order valence-electron chi connectivity index (χ0n) is 21.1. The minimum Gasteiger partial charge on any atom is -0.369 e. The van der Waals surface area contributed by atoms with E-state index in [1.165, 1.54) is 25.9 Å². The highest BCUT2D eigenvalue weighted by atomic mass is 16.1. The molecule has 3 aliphatic rings. The Hall–Kier alpha value is -2.71. The molecule has 2 aromatic rings. The number of rotatable bonds is 6. The molecule has 1 aliphatic heterocycles. The van der Waals surface area contributed by atoms with E-state index in [9.17, 15) is 4.79 Å². The van der Waals surface area contributed by atoms with Gasteiger partial charge in [0, 0.05) is 49.7 Å². The molecule has 190 valence electrons. The van der Waals surface area contributed by atoms with Gasteiger partial charge in [0.05, 0.1) is 5.41 Å². The van der Waals surface area contributed by atoms with Crippen LogP contribution in [0.5, 0.6) is 0 Å². The predicted octanol–water partition coefficient (Wildman–Crippen LogP) is 3.78. The number of nitrogens with zero attached hydrogens (tertiary/aromatic N) is 3. The van der Waals surface area contributed by atoms with Crippen molar-refractivity contribution >= 4 is 23.4 Å². The van der Waals surface area contributed by atoms with E-state index in [1.807, 2.05) is 36.5 Å². The van der Waals surface area contributed by atoms with Crippen molar-refractivity contribution in [2.45, 2.75) is 69.2 Å². The Morgan fingerprint density at radius 1 is 1.06 bits per heavy atom. The van der Waals surface area contributed by atoms with Gasteiger partial charge in [-0.1, -0.05) is 50.3 Å². The molecule has 0 bridgehead atoms. The summed E-state index contributed by atoms with van der Waals surface area (Å²) in [5.74, 6) is 1.04. The van der Waals surface area contributed by atoms with Crippen molar-refractivity contribution in [1.82, 2.24) is 20.2 Å². The van der Waals surface area contributed by atoms with Crippen LogP contribution in [0.1, 0.15) is 63.4 Å². The molecular formula is C27H41N7O. The van der Waals surface area contributed by atoms with E-state index in [4.69, 9.17) is 10.7 Å². The second-order valence-electron chi connectivity index (χ2n) is 10.1. The molecular weight excluding hydrogens is 438 g/mol. The molecule has 1 saturated heterocycles. The Bertz CT molecular complexity index is 934. The SMILES string of the molecule is CN1CCNCC1.NC(=O)C1(c2cnc(Nc3ccccc3)nc2NC2CCCC2)CCCCC1. The topological polar surface area (TPSA) is 108 Å².